The second-order valence-electron chi connectivity index (χ2n) is 5.26. The van der Waals surface area contributed by atoms with Gasteiger partial charge in [-0.1, -0.05) is 5.16 Å². The molecule has 3 heterocycles. The molecule has 0 saturated heterocycles. The summed E-state index contributed by atoms with van der Waals surface area (Å²) in [5, 5.41) is 7.94. The smallest absolute Gasteiger partial charge is 0.341 e. The molecule has 8 heteroatoms. The van der Waals surface area contributed by atoms with Gasteiger partial charge in [-0.2, -0.15) is 10.1 Å². The van der Waals surface area contributed by atoms with Gasteiger partial charge in [0.2, 0.25) is 11.7 Å². The van der Waals surface area contributed by atoms with Gasteiger partial charge in [-0.05, 0) is 25.5 Å². The zero-order valence-corrected chi connectivity index (χ0v) is 13.5. The summed E-state index contributed by atoms with van der Waals surface area (Å²) in [5.74, 6) is 0.630. The average Bonchev–Trinajstić information content (AvgIpc) is 3.20. The summed E-state index contributed by atoms with van der Waals surface area (Å²) >= 11 is 0. The zero-order chi connectivity index (χ0) is 16.9. The monoisotopic (exact) mass is 327 g/mol. The Morgan fingerprint density at radius 1 is 1.38 bits per heavy atom. The number of rotatable bonds is 6. The molecular formula is C16H17N5O3. The van der Waals surface area contributed by atoms with E-state index in [-0.39, 0.29) is 12.6 Å². The number of carbonyl (C=O) groups is 1. The summed E-state index contributed by atoms with van der Waals surface area (Å²) < 4.78 is 12.1. The van der Waals surface area contributed by atoms with Crippen LogP contribution in [0.5, 0.6) is 0 Å². The van der Waals surface area contributed by atoms with E-state index < -0.39 is 0 Å². The molecule has 0 radical (unpaired) electrons. The molecule has 3 aromatic heterocycles. The third-order valence-electron chi connectivity index (χ3n) is 3.61. The fraction of sp³-hybridized carbons (Fsp3) is 0.312. The van der Waals surface area contributed by atoms with E-state index in [0.29, 0.717) is 30.1 Å². The lowest BCUT2D eigenvalue weighted by atomic mass is 10.2. The zero-order valence-electron chi connectivity index (χ0n) is 13.5. The Kier molecular flexibility index (Phi) is 4.64. The number of pyridine rings is 1. The van der Waals surface area contributed by atoms with Crippen LogP contribution in [-0.4, -0.2) is 37.5 Å². The number of aromatic nitrogens is 5. The van der Waals surface area contributed by atoms with Gasteiger partial charge >= 0.3 is 5.97 Å². The highest BCUT2D eigenvalue weighted by molar-refractivity contribution is 5.90. The van der Waals surface area contributed by atoms with Crippen molar-refractivity contribution in [2.45, 2.75) is 19.8 Å². The van der Waals surface area contributed by atoms with Gasteiger partial charge < -0.3 is 9.26 Å². The first-order valence-corrected chi connectivity index (χ1v) is 7.54. The van der Waals surface area contributed by atoms with E-state index in [1.165, 1.54) is 6.20 Å². The SMILES string of the molecule is Cc1c(C(=O)OCCCc2nc(-c3cccnc3)no2)cnn1C. The Hall–Kier alpha value is -3.03. The lowest BCUT2D eigenvalue weighted by molar-refractivity contribution is 0.0497. The molecule has 3 aromatic rings. The molecule has 0 aliphatic carbocycles. The second kappa shape index (κ2) is 7.03. The Bertz CT molecular complexity index is 825. The lowest BCUT2D eigenvalue weighted by Gasteiger charge is -2.03. The van der Waals surface area contributed by atoms with E-state index in [9.17, 15) is 4.79 Å². The first kappa shape index (κ1) is 15.9. The molecule has 0 aromatic carbocycles. The Morgan fingerprint density at radius 2 is 2.25 bits per heavy atom. The van der Waals surface area contributed by atoms with E-state index in [2.05, 4.69) is 20.2 Å². The van der Waals surface area contributed by atoms with Crippen LogP contribution in [-0.2, 0) is 18.2 Å². The molecule has 0 amide bonds. The third kappa shape index (κ3) is 3.48. The van der Waals surface area contributed by atoms with Crippen LogP contribution in [0.25, 0.3) is 11.4 Å². The van der Waals surface area contributed by atoms with Gasteiger partial charge in [0.25, 0.3) is 0 Å². The molecule has 3 rings (SSSR count). The van der Waals surface area contributed by atoms with E-state index in [1.807, 2.05) is 19.1 Å². The van der Waals surface area contributed by atoms with Crippen molar-refractivity contribution in [2.24, 2.45) is 7.05 Å². The van der Waals surface area contributed by atoms with E-state index in [4.69, 9.17) is 9.26 Å². The third-order valence-corrected chi connectivity index (χ3v) is 3.61. The van der Waals surface area contributed by atoms with Crippen LogP contribution in [0.15, 0.2) is 35.2 Å². The van der Waals surface area contributed by atoms with Crippen LogP contribution < -0.4 is 0 Å². The Morgan fingerprint density at radius 3 is 2.96 bits per heavy atom. The van der Waals surface area contributed by atoms with Crippen LogP contribution in [0.3, 0.4) is 0 Å². The number of hydrogen-bond acceptors (Lipinski definition) is 7. The van der Waals surface area contributed by atoms with E-state index in [0.717, 1.165) is 11.3 Å². The molecule has 0 bridgehead atoms. The van der Waals surface area contributed by atoms with Gasteiger partial charge in [-0.15, -0.1) is 0 Å². The quantitative estimate of drug-likeness (QED) is 0.504. The highest BCUT2D eigenvalue weighted by atomic mass is 16.5. The van der Waals surface area contributed by atoms with E-state index in [1.54, 1.807) is 24.1 Å². The Balaban J connectivity index is 1.48. The minimum absolute atomic E-state index is 0.276. The summed E-state index contributed by atoms with van der Waals surface area (Å²) in [5.41, 5.74) is 2.05. The molecule has 124 valence electrons. The van der Waals surface area contributed by atoms with Crippen molar-refractivity contribution in [1.82, 2.24) is 24.9 Å². The molecule has 0 fully saturated rings. The molecule has 8 nitrogen and oxygen atoms in total. The van der Waals surface area contributed by atoms with Gasteiger partial charge in [-0.3, -0.25) is 9.67 Å². The Labute approximate surface area is 138 Å². The first-order chi connectivity index (χ1) is 11.6. The van der Waals surface area contributed by atoms with Crippen molar-refractivity contribution < 1.29 is 14.1 Å². The molecular weight excluding hydrogens is 310 g/mol. The minimum atomic E-state index is -0.373. The maximum Gasteiger partial charge on any atom is 0.341 e. The fourth-order valence-corrected chi connectivity index (χ4v) is 2.13. The maximum atomic E-state index is 11.9. The van der Waals surface area contributed by atoms with Crippen LogP contribution in [0.1, 0.15) is 28.4 Å². The summed E-state index contributed by atoms with van der Waals surface area (Å²) in [6.07, 6.45) is 6.00. The molecule has 0 aliphatic heterocycles. The van der Waals surface area contributed by atoms with Gasteiger partial charge in [0.05, 0.1) is 12.8 Å². The summed E-state index contributed by atoms with van der Waals surface area (Å²) in [6.45, 7) is 2.10. The number of carbonyl (C=O) groups excluding carboxylic acids is 1. The number of nitrogens with zero attached hydrogens (tertiary/aromatic N) is 5. The fourth-order valence-electron chi connectivity index (χ4n) is 2.13. The predicted molar refractivity (Wildman–Crippen MR) is 84.1 cm³/mol. The predicted octanol–water partition coefficient (Wildman–Crippen LogP) is 1.96. The van der Waals surface area contributed by atoms with Gasteiger partial charge in [-0.25, -0.2) is 4.79 Å². The lowest BCUT2D eigenvalue weighted by Crippen LogP contribution is -2.08. The minimum Gasteiger partial charge on any atom is -0.462 e. The molecule has 24 heavy (non-hydrogen) atoms. The molecule has 0 atom stereocenters. The maximum absolute atomic E-state index is 11.9. The summed E-state index contributed by atoms with van der Waals surface area (Å²) in [6, 6.07) is 3.67. The van der Waals surface area contributed by atoms with Crippen LogP contribution in [0.4, 0.5) is 0 Å². The van der Waals surface area contributed by atoms with Crippen LogP contribution in [0.2, 0.25) is 0 Å². The number of ether oxygens (including phenoxy) is 1. The van der Waals surface area contributed by atoms with Crippen molar-refractivity contribution in [3.05, 3.63) is 47.9 Å². The number of aryl methyl sites for hydroxylation is 2. The van der Waals surface area contributed by atoms with Crippen molar-refractivity contribution >= 4 is 5.97 Å². The molecule has 0 N–H and O–H groups in total. The molecule has 0 aliphatic rings. The molecule has 0 saturated carbocycles. The molecule has 0 spiro atoms. The largest absolute Gasteiger partial charge is 0.462 e. The number of hydrogen-bond donors (Lipinski definition) is 0. The van der Waals surface area contributed by atoms with Gasteiger partial charge in [0, 0.05) is 37.1 Å². The molecule has 0 unspecified atom stereocenters. The van der Waals surface area contributed by atoms with Crippen molar-refractivity contribution in [3.8, 4) is 11.4 Å². The van der Waals surface area contributed by atoms with Crippen LogP contribution in [0, 0.1) is 6.92 Å². The van der Waals surface area contributed by atoms with E-state index >= 15 is 0 Å². The van der Waals surface area contributed by atoms with Crippen molar-refractivity contribution in [3.63, 3.8) is 0 Å². The highest BCUT2D eigenvalue weighted by Crippen LogP contribution is 2.14. The standard InChI is InChI=1S/C16H17N5O3/c1-11-13(10-18-21(11)2)16(22)23-8-4-6-14-19-15(20-24-14)12-5-3-7-17-9-12/h3,5,7,9-10H,4,6,8H2,1-2H3. The summed E-state index contributed by atoms with van der Waals surface area (Å²) in [7, 11) is 1.78. The average molecular weight is 327 g/mol. The van der Waals surface area contributed by atoms with Crippen molar-refractivity contribution in [1.29, 1.82) is 0 Å². The summed E-state index contributed by atoms with van der Waals surface area (Å²) in [4.78, 5) is 20.3. The topological polar surface area (TPSA) is 95.9 Å². The van der Waals surface area contributed by atoms with Gasteiger partial charge in [0.15, 0.2) is 0 Å². The highest BCUT2D eigenvalue weighted by Gasteiger charge is 2.14. The van der Waals surface area contributed by atoms with Gasteiger partial charge in [0.1, 0.15) is 5.56 Å². The number of esters is 1. The van der Waals surface area contributed by atoms with Crippen LogP contribution >= 0.6 is 0 Å². The first-order valence-electron chi connectivity index (χ1n) is 7.54. The second-order valence-corrected chi connectivity index (χ2v) is 5.26. The normalized spacial score (nSPS) is 10.8. The van der Waals surface area contributed by atoms with Crippen molar-refractivity contribution in [2.75, 3.05) is 6.61 Å².